The highest BCUT2D eigenvalue weighted by Crippen LogP contribution is 2.31. The van der Waals surface area contributed by atoms with E-state index in [1.807, 2.05) is 44.2 Å². The smallest absolute Gasteiger partial charge is 0.264 e. The normalized spacial score (nSPS) is 12.7. The van der Waals surface area contributed by atoms with Gasteiger partial charge < -0.3 is 0 Å². The highest BCUT2D eigenvalue weighted by molar-refractivity contribution is 9.10. The Morgan fingerprint density at radius 1 is 1.17 bits per heavy atom. The van der Waals surface area contributed by atoms with Crippen LogP contribution in [0.1, 0.15) is 12.5 Å². The second-order valence-corrected chi connectivity index (χ2v) is 8.23. The summed E-state index contributed by atoms with van der Waals surface area (Å²) in [5.74, 6) is 0.0299. The molecule has 0 saturated heterocycles. The molecular weight excluding hydrogens is 374 g/mol. The molecular formula is C18H20BrNO2S. The van der Waals surface area contributed by atoms with Gasteiger partial charge in [0, 0.05) is 11.0 Å². The van der Waals surface area contributed by atoms with Gasteiger partial charge >= 0.3 is 0 Å². The molecule has 0 aliphatic carbocycles. The predicted molar refractivity (Wildman–Crippen MR) is 99.2 cm³/mol. The number of para-hydroxylation sites is 1. The van der Waals surface area contributed by atoms with Crippen LogP contribution in [0.5, 0.6) is 0 Å². The Morgan fingerprint density at radius 3 is 2.35 bits per heavy atom. The van der Waals surface area contributed by atoms with E-state index in [2.05, 4.69) is 22.5 Å². The van der Waals surface area contributed by atoms with Gasteiger partial charge in [0.25, 0.3) is 10.0 Å². The van der Waals surface area contributed by atoms with Crippen LogP contribution in [0.4, 0.5) is 5.69 Å². The van der Waals surface area contributed by atoms with E-state index in [1.165, 1.54) is 4.31 Å². The number of nitrogens with zero attached hydrogens (tertiary/aromatic N) is 1. The molecule has 23 heavy (non-hydrogen) atoms. The summed E-state index contributed by atoms with van der Waals surface area (Å²) >= 11 is 3.45. The van der Waals surface area contributed by atoms with Crippen molar-refractivity contribution in [2.75, 3.05) is 10.8 Å². The number of sulfonamides is 1. The lowest BCUT2D eigenvalue weighted by atomic mass is 10.2. The molecule has 0 unspecified atom stereocenters. The van der Waals surface area contributed by atoms with E-state index >= 15 is 0 Å². The molecule has 2 rings (SSSR count). The van der Waals surface area contributed by atoms with Crippen molar-refractivity contribution in [3.8, 4) is 0 Å². The van der Waals surface area contributed by atoms with Crippen molar-refractivity contribution in [2.24, 2.45) is 5.92 Å². The zero-order valence-electron chi connectivity index (χ0n) is 13.2. The van der Waals surface area contributed by atoms with Crippen molar-refractivity contribution in [2.45, 2.75) is 18.7 Å². The third-order valence-corrected chi connectivity index (χ3v) is 6.05. The first-order valence-electron chi connectivity index (χ1n) is 7.32. The minimum Gasteiger partial charge on any atom is -0.265 e. The van der Waals surface area contributed by atoms with Gasteiger partial charge in [-0.3, -0.25) is 4.31 Å². The average molecular weight is 394 g/mol. The van der Waals surface area contributed by atoms with Gasteiger partial charge in [0.1, 0.15) is 0 Å². The van der Waals surface area contributed by atoms with Crippen LogP contribution < -0.4 is 4.31 Å². The highest BCUT2D eigenvalue weighted by Gasteiger charge is 2.27. The average Bonchev–Trinajstić information content (AvgIpc) is 2.53. The van der Waals surface area contributed by atoms with Crippen LogP contribution in [0, 0.1) is 12.8 Å². The van der Waals surface area contributed by atoms with Crippen LogP contribution in [-0.2, 0) is 10.0 Å². The van der Waals surface area contributed by atoms with Gasteiger partial charge in [0.2, 0.25) is 0 Å². The van der Waals surface area contributed by atoms with E-state index in [9.17, 15) is 8.42 Å². The van der Waals surface area contributed by atoms with E-state index in [4.69, 9.17) is 0 Å². The van der Waals surface area contributed by atoms with Crippen LogP contribution in [-0.4, -0.2) is 15.0 Å². The Bertz CT molecular complexity index is 785. The van der Waals surface area contributed by atoms with Crippen molar-refractivity contribution >= 4 is 31.6 Å². The summed E-state index contributed by atoms with van der Waals surface area (Å²) in [6.07, 6.45) is 1.76. The zero-order valence-corrected chi connectivity index (χ0v) is 15.6. The summed E-state index contributed by atoms with van der Waals surface area (Å²) < 4.78 is 28.4. The van der Waals surface area contributed by atoms with Gasteiger partial charge in [-0.15, -0.1) is 6.58 Å². The molecule has 0 fully saturated rings. The van der Waals surface area contributed by atoms with Gasteiger partial charge in [-0.2, -0.15) is 0 Å². The number of halogens is 1. The first-order chi connectivity index (χ1) is 10.9. The van der Waals surface area contributed by atoms with E-state index in [0.29, 0.717) is 12.2 Å². The monoisotopic (exact) mass is 393 g/mol. The molecule has 0 saturated carbocycles. The molecule has 1 atom stereocenters. The van der Waals surface area contributed by atoms with Gasteiger partial charge in [0.05, 0.1) is 10.6 Å². The first kappa shape index (κ1) is 17.8. The molecule has 0 N–H and O–H groups in total. The standard InChI is InChI=1S/C18H20BrNO2S/c1-4-14(2)13-20(18-8-6-5-7-17(18)19)23(21,22)16-11-9-15(3)10-12-16/h4-12,14H,1,13H2,2-3H3/t14-/m0/s1. The van der Waals surface area contributed by atoms with Crippen molar-refractivity contribution in [3.63, 3.8) is 0 Å². The fourth-order valence-corrected chi connectivity index (χ4v) is 4.35. The van der Waals surface area contributed by atoms with Gasteiger partial charge in [-0.1, -0.05) is 42.8 Å². The zero-order chi connectivity index (χ0) is 17.0. The molecule has 3 nitrogen and oxygen atoms in total. The Balaban J connectivity index is 2.54. The molecule has 0 aliphatic rings. The largest absolute Gasteiger partial charge is 0.265 e. The lowest BCUT2D eigenvalue weighted by Crippen LogP contribution is -2.34. The van der Waals surface area contributed by atoms with E-state index in [-0.39, 0.29) is 10.8 Å². The Labute approximate surface area is 146 Å². The SMILES string of the molecule is C=C[C@H](C)CN(c1ccccc1Br)S(=O)(=O)c1ccc(C)cc1. The summed E-state index contributed by atoms with van der Waals surface area (Å²) in [5.41, 5.74) is 1.65. The van der Waals surface area contributed by atoms with Crippen LogP contribution in [0.15, 0.2) is 70.6 Å². The highest BCUT2D eigenvalue weighted by atomic mass is 79.9. The fraction of sp³-hybridized carbons (Fsp3) is 0.222. The summed E-state index contributed by atoms with van der Waals surface area (Å²) in [6.45, 7) is 7.98. The lowest BCUT2D eigenvalue weighted by molar-refractivity contribution is 0.584. The van der Waals surface area contributed by atoms with Crippen molar-refractivity contribution in [1.29, 1.82) is 0 Å². The summed E-state index contributed by atoms with van der Waals surface area (Å²) in [4.78, 5) is 0.287. The Hall–Kier alpha value is -1.59. The number of anilines is 1. The molecule has 122 valence electrons. The molecule has 2 aromatic carbocycles. The number of hydrogen-bond acceptors (Lipinski definition) is 2. The molecule has 0 heterocycles. The van der Waals surface area contributed by atoms with E-state index < -0.39 is 10.0 Å². The molecule has 0 spiro atoms. The number of hydrogen-bond donors (Lipinski definition) is 0. The maximum atomic E-state index is 13.1. The first-order valence-corrected chi connectivity index (χ1v) is 9.56. The summed E-state index contributed by atoms with van der Waals surface area (Å²) in [7, 11) is -3.64. The Kier molecular flexibility index (Phi) is 5.65. The van der Waals surface area contributed by atoms with Crippen molar-refractivity contribution < 1.29 is 8.42 Å². The van der Waals surface area contributed by atoms with E-state index in [1.54, 1.807) is 24.3 Å². The maximum absolute atomic E-state index is 13.1. The van der Waals surface area contributed by atoms with Crippen LogP contribution >= 0.6 is 15.9 Å². The van der Waals surface area contributed by atoms with Crippen LogP contribution in [0.3, 0.4) is 0 Å². The number of aryl methyl sites for hydroxylation is 1. The molecule has 0 aliphatic heterocycles. The third-order valence-electron chi connectivity index (χ3n) is 3.59. The van der Waals surface area contributed by atoms with Crippen LogP contribution in [0.25, 0.3) is 0 Å². The second kappa shape index (κ2) is 7.32. The van der Waals surface area contributed by atoms with Crippen molar-refractivity contribution in [3.05, 3.63) is 71.2 Å². The molecule has 0 amide bonds. The minimum atomic E-state index is -3.64. The molecule has 5 heteroatoms. The quantitative estimate of drug-likeness (QED) is 0.662. The molecule has 0 radical (unpaired) electrons. The molecule has 0 aromatic heterocycles. The maximum Gasteiger partial charge on any atom is 0.264 e. The van der Waals surface area contributed by atoms with E-state index in [0.717, 1.165) is 10.0 Å². The lowest BCUT2D eigenvalue weighted by Gasteiger charge is -2.27. The van der Waals surface area contributed by atoms with Crippen LogP contribution in [0.2, 0.25) is 0 Å². The predicted octanol–water partition coefficient (Wildman–Crippen LogP) is 4.77. The van der Waals surface area contributed by atoms with Gasteiger partial charge in [0.15, 0.2) is 0 Å². The summed E-state index contributed by atoms with van der Waals surface area (Å²) in [5, 5.41) is 0. The molecule has 2 aromatic rings. The number of benzene rings is 2. The van der Waals surface area contributed by atoms with Gasteiger partial charge in [-0.25, -0.2) is 8.42 Å². The third kappa shape index (κ3) is 4.03. The topological polar surface area (TPSA) is 37.4 Å². The van der Waals surface area contributed by atoms with Crippen molar-refractivity contribution in [1.82, 2.24) is 0 Å². The molecule has 0 bridgehead atoms. The minimum absolute atomic E-state index is 0.0299. The Morgan fingerprint density at radius 2 is 1.78 bits per heavy atom. The van der Waals surface area contributed by atoms with Gasteiger partial charge in [-0.05, 0) is 53.0 Å². The number of rotatable bonds is 6. The fourth-order valence-electron chi connectivity index (χ4n) is 2.15. The summed E-state index contributed by atoms with van der Waals surface area (Å²) in [6, 6.07) is 14.2. The second-order valence-electron chi connectivity index (χ2n) is 5.51.